The van der Waals surface area contributed by atoms with Crippen molar-refractivity contribution in [3.05, 3.63) is 63.8 Å². The van der Waals surface area contributed by atoms with Crippen molar-refractivity contribution in [1.29, 1.82) is 0 Å². The number of amides is 3. The first-order valence-corrected chi connectivity index (χ1v) is 21.0. The first-order valence-electron chi connectivity index (χ1n) is 20.6. The second-order valence-corrected chi connectivity index (χ2v) is 16.5. The summed E-state index contributed by atoms with van der Waals surface area (Å²) in [5, 5.41) is 15.0. The van der Waals surface area contributed by atoms with Crippen LogP contribution in [0, 0.1) is 5.92 Å². The van der Waals surface area contributed by atoms with Crippen molar-refractivity contribution in [2.75, 3.05) is 68.0 Å². The predicted octanol–water partition coefficient (Wildman–Crippen LogP) is 4.12. The van der Waals surface area contributed by atoms with Gasteiger partial charge in [-0.25, -0.2) is 9.97 Å². The molecule has 3 saturated heterocycles. The topological polar surface area (TPSA) is 185 Å². The van der Waals surface area contributed by atoms with Crippen LogP contribution < -0.4 is 36.0 Å². The molecule has 18 heteroatoms. The highest BCUT2D eigenvalue weighted by Gasteiger charge is 2.34. The van der Waals surface area contributed by atoms with Crippen molar-refractivity contribution < 1.29 is 19.1 Å². The highest BCUT2D eigenvalue weighted by atomic mass is 35.5. The molecule has 316 valence electrons. The Kier molecular flexibility index (Phi) is 11.6. The lowest BCUT2D eigenvalue weighted by Crippen LogP contribution is -2.53. The van der Waals surface area contributed by atoms with Gasteiger partial charge >= 0.3 is 0 Å². The van der Waals surface area contributed by atoms with Crippen LogP contribution in [0.3, 0.4) is 0 Å². The van der Waals surface area contributed by atoms with Gasteiger partial charge in [-0.1, -0.05) is 23.7 Å². The Balaban J connectivity index is 0.894. The van der Waals surface area contributed by atoms with E-state index in [9.17, 15) is 19.2 Å². The number of nitrogens with one attached hydrogen (secondary N) is 3. The summed E-state index contributed by atoms with van der Waals surface area (Å²) in [6, 6.07) is 9.88. The van der Waals surface area contributed by atoms with Gasteiger partial charge in [0.2, 0.25) is 17.8 Å². The van der Waals surface area contributed by atoms with E-state index in [0.29, 0.717) is 58.3 Å². The van der Waals surface area contributed by atoms with Crippen molar-refractivity contribution in [2.24, 2.45) is 13.0 Å². The summed E-state index contributed by atoms with van der Waals surface area (Å²) >= 11 is 6.61. The number of pyridine rings is 2. The third kappa shape index (κ3) is 8.07. The highest BCUT2D eigenvalue weighted by Crippen LogP contribution is 2.37. The van der Waals surface area contributed by atoms with Gasteiger partial charge in [0.1, 0.15) is 10.7 Å². The van der Waals surface area contributed by atoms with Crippen molar-refractivity contribution in [3.8, 4) is 5.75 Å². The number of halogens is 1. The number of piperazine rings is 1. The van der Waals surface area contributed by atoms with Crippen LogP contribution in [0.2, 0.25) is 5.02 Å². The lowest BCUT2D eigenvalue weighted by Gasteiger charge is -2.43. The molecule has 60 heavy (non-hydrogen) atoms. The number of fused-ring (bicyclic) bond motifs is 2. The van der Waals surface area contributed by atoms with E-state index in [1.807, 2.05) is 43.8 Å². The van der Waals surface area contributed by atoms with E-state index in [4.69, 9.17) is 26.4 Å². The Morgan fingerprint density at radius 1 is 0.983 bits per heavy atom. The summed E-state index contributed by atoms with van der Waals surface area (Å²) in [5.41, 5.74) is 3.63. The molecule has 0 saturated carbocycles. The number of piperidine rings is 2. The first-order chi connectivity index (χ1) is 28.9. The zero-order valence-electron chi connectivity index (χ0n) is 34.6. The van der Waals surface area contributed by atoms with Crippen LogP contribution in [0.1, 0.15) is 64.1 Å². The first kappa shape index (κ1) is 40.9. The third-order valence-electron chi connectivity index (χ3n) is 12.2. The Hall–Kier alpha value is -5.81. The van der Waals surface area contributed by atoms with Crippen LogP contribution in [0.25, 0.3) is 21.9 Å². The molecule has 3 N–H and O–H groups in total. The number of carbonyl (C=O) groups is 3. The number of benzene rings is 1. The summed E-state index contributed by atoms with van der Waals surface area (Å²) < 4.78 is 9.03. The number of aromatic nitrogens is 6. The number of nitrogens with zero attached hydrogens (tertiary/aromatic N) is 9. The standard InChI is InChI=1S/C42H51ClN12O5/c1-24(2)55-39-27(20-33(41(55)59)60-23-35(57)44-4)19-28(21-45-39)47-38-31(43)22-46-42(49-38)54-17-15-52(16-18-54)25(3)26-11-13-53(14-12-26)32-8-6-7-29-36(50-51(5)37(29)32)30-9-10-34(56)48-40(30)58/h6-8,19-22,24-26,30H,9-18,23H2,1-5H3,(H,44,57)(H,46,47,49)(H,48,56,58)/t25-,30?/m0/s1. The number of hydrogen-bond acceptors (Lipinski definition) is 13. The molecule has 0 spiro atoms. The van der Waals surface area contributed by atoms with Crippen LogP contribution in [0.15, 0.2) is 47.5 Å². The van der Waals surface area contributed by atoms with Crippen molar-refractivity contribution in [3.63, 3.8) is 0 Å². The Labute approximate surface area is 352 Å². The van der Waals surface area contributed by atoms with Gasteiger partial charge < -0.3 is 25.2 Å². The maximum Gasteiger partial charge on any atom is 0.294 e. The number of imide groups is 1. The number of likely N-dealkylation sites (N-methyl/N-ethyl adjacent to an activating group) is 1. The molecule has 5 aromatic rings. The molecule has 3 fully saturated rings. The fraction of sp³-hybridized carbons (Fsp3) is 0.476. The molecule has 4 aromatic heterocycles. The van der Waals surface area contributed by atoms with Crippen molar-refractivity contribution in [1.82, 2.24) is 44.8 Å². The van der Waals surface area contributed by atoms with Gasteiger partial charge in [0, 0.05) is 82.6 Å². The van der Waals surface area contributed by atoms with E-state index in [1.165, 1.54) is 7.05 Å². The summed E-state index contributed by atoms with van der Waals surface area (Å²) in [6.07, 6.45) is 6.16. The minimum Gasteiger partial charge on any atom is -0.478 e. The minimum atomic E-state index is -0.431. The minimum absolute atomic E-state index is 0.0575. The average molecular weight is 839 g/mol. The number of hydrogen-bond donors (Lipinski definition) is 3. The van der Waals surface area contributed by atoms with Gasteiger partial charge in [-0.15, -0.1) is 0 Å². The normalized spacial score (nSPS) is 18.6. The lowest BCUT2D eigenvalue weighted by molar-refractivity contribution is -0.134. The maximum atomic E-state index is 13.2. The smallest absolute Gasteiger partial charge is 0.294 e. The predicted molar refractivity (Wildman–Crippen MR) is 230 cm³/mol. The maximum absolute atomic E-state index is 13.2. The van der Waals surface area contributed by atoms with Gasteiger partial charge in [0.05, 0.1) is 40.9 Å². The molecule has 3 aliphatic rings. The third-order valence-corrected chi connectivity index (χ3v) is 12.4. The molecule has 0 radical (unpaired) electrons. The van der Waals surface area contributed by atoms with Gasteiger partial charge in [-0.05, 0) is 64.2 Å². The number of anilines is 4. The summed E-state index contributed by atoms with van der Waals surface area (Å²) in [7, 11) is 3.44. The summed E-state index contributed by atoms with van der Waals surface area (Å²) in [4.78, 5) is 70.8. The van der Waals surface area contributed by atoms with Gasteiger partial charge in [0.25, 0.3) is 11.5 Å². The van der Waals surface area contributed by atoms with Crippen molar-refractivity contribution >= 4 is 74.4 Å². The van der Waals surface area contributed by atoms with Gasteiger partial charge in [-0.3, -0.25) is 38.6 Å². The molecule has 7 heterocycles. The SMILES string of the molecule is CNC(=O)COc1cc2cc(Nc3nc(N4CCN([C@@H](C)C5CCN(c6cccc7c(C8CCC(=O)NC8=O)nn(C)c67)CC5)CC4)ncc3Cl)cnc2n(C(C)C)c1=O. The van der Waals surface area contributed by atoms with E-state index in [1.54, 1.807) is 23.0 Å². The Bertz CT molecular complexity index is 2510. The largest absolute Gasteiger partial charge is 0.478 e. The van der Waals surface area contributed by atoms with Crippen molar-refractivity contribution in [2.45, 2.75) is 64.5 Å². The lowest BCUT2D eigenvalue weighted by atomic mass is 9.88. The monoisotopic (exact) mass is 838 g/mol. The van der Waals surface area contributed by atoms with Crippen LogP contribution in [0.5, 0.6) is 5.75 Å². The fourth-order valence-corrected chi connectivity index (χ4v) is 9.00. The van der Waals surface area contributed by atoms with Crippen LogP contribution in [-0.2, 0) is 21.4 Å². The van der Waals surface area contributed by atoms with E-state index < -0.39 is 5.92 Å². The molecule has 8 rings (SSSR count). The zero-order valence-corrected chi connectivity index (χ0v) is 35.3. The summed E-state index contributed by atoms with van der Waals surface area (Å²) in [6.45, 7) is 11.0. The molecule has 1 aromatic carbocycles. The Morgan fingerprint density at radius 2 is 1.75 bits per heavy atom. The molecule has 0 aliphatic carbocycles. The molecule has 3 aliphatic heterocycles. The number of aryl methyl sites for hydroxylation is 1. The average Bonchev–Trinajstić information content (AvgIpc) is 3.59. The Morgan fingerprint density at radius 3 is 2.47 bits per heavy atom. The number of ether oxygens (including phenoxy) is 1. The molecule has 0 bridgehead atoms. The van der Waals surface area contributed by atoms with Gasteiger partial charge in [-0.2, -0.15) is 10.1 Å². The van der Waals surface area contributed by atoms with Crippen LogP contribution in [0.4, 0.5) is 23.1 Å². The summed E-state index contributed by atoms with van der Waals surface area (Å²) in [5.74, 6) is 0.356. The number of para-hydroxylation sites is 1. The quantitative estimate of drug-likeness (QED) is 0.162. The fourth-order valence-electron chi connectivity index (χ4n) is 8.86. The molecule has 3 amide bonds. The molecular weight excluding hydrogens is 788 g/mol. The van der Waals surface area contributed by atoms with E-state index in [-0.39, 0.29) is 41.7 Å². The number of rotatable bonds is 11. The zero-order chi connectivity index (χ0) is 42.2. The molecule has 1 unspecified atom stereocenters. The second kappa shape index (κ2) is 17.0. The van der Waals surface area contributed by atoms with E-state index in [0.717, 1.165) is 74.4 Å². The van der Waals surface area contributed by atoms with E-state index in [2.05, 4.69) is 53.6 Å². The molecule has 17 nitrogen and oxygen atoms in total. The molecular formula is C42H51ClN12O5. The van der Waals surface area contributed by atoms with Gasteiger partial charge in [0.15, 0.2) is 18.2 Å². The molecule has 2 atom stereocenters. The highest BCUT2D eigenvalue weighted by molar-refractivity contribution is 6.33. The second-order valence-electron chi connectivity index (χ2n) is 16.1. The number of carbonyl (C=O) groups excluding carboxylic acids is 3. The van der Waals surface area contributed by atoms with Crippen LogP contribution in [-0.4, -0.2) is 111 Å². The van der Waals surface area contributed by atoms with Crippen LogP contribution >= 0.6 is 11.6 Å². The van der Waals surface area contributed by atoms with E-state index >= 15 is 0 Å².